The lowest BCUT2D eigenvalue weighted by molar-refractivity contribution is 0.594. The summed E-state index contributed by atoms with van der Waals surface area (Å²) in [6, 6.07) is 8.23. The predicted octanol–water partition coefficient (Wildman–Crippen LogP) is 3.99. The standard InChI is InChI=1S/C15H20BrN3/c1-3-4-12(9-17)15-18-10(2)14(19-15)11-5-7-13(16)8-6-11/h5-8,12H,3-4,9,17H2,1-2H3,(H,18,19). The van der Waals surface area contributed by atoms with E-state index in [2.05, 4.69) is 46.9 Å². The molecule has 2 aromatic rings. The van der Waals surface area contributed by atoms with Gasteiger partial charge in [-0.05, 0) is 25.5 Å². The third-order valence-electron chi connectivity index (χ3n) is 3.33. The normalized spacial score (nSPS) is 12.6. The highest BCUT2D eigenvalue weighted by atomic mass is 79.9. The maximum atomic E-state index is 5.84. The number of rotatable bonds is 5. The zero-order valence-corrected chi connectivity index (χ0v) is 13.0. The third kappa shape index (κ3) is 3.25. The number of benzene rings is 1. The van der Waals surface area contributed by atoms with Crippen LogP contribution in [0.1, 0.15) is 37.2 Å². The van der Waals surface area contributed by atoms with Crippen molar-refractivity contribution in [1.29, 1.82) is 0 Å². The minimum atomic E-state index is 0.327. The van der Waals surface area contributed by atoms with Crippen molar-refractivity contribution in [2.75, 3.05) is 6.54 Å². The Kier molecular flexibility index (Phi) is 4.77. The number of aryl methyl sites for hydroxylation is 1. The summed E-state index contributed by atoms with van der Waals surface area (Å²) < 4.78 is 1.08. The molecule has 0 aliphatic carbocycles. The van der Waals surface area contributed by atoms with Gasteiger partial charge in [0.15, 0.2) is 0 Å². The van der Waals surface area contributed by atoms with E-state index in [-0.39, 0.29) is 0 Å². The molecule has 0 saturated heterocycles. The Balaban J connectivity index is 2.32. The summed E-state index contributed by atoms with van der Waals surface area (Å²) in [5.41, 5.74) is 9.11. The predicted molar refractivity (Wildman–Crippen MR) is 83.2 cm³/mol. The number of hydrogen-bond acceptors (Lipinski definition) is 2. The monoisotopic (exact) mass is 321 g/mol. The van der Waals surface area contributed by atoms with E-state index in [9.17, 15) is 0 Å². The average Bonchev–Trinajstić information content (AvgIpc) is 2.79. The molecule has 102 valence electrons. The number of H-pyrrole nitrogens is 1. The first-order chi connectivity index (χ1) is 9.15. The van der Waals surface area contributed by atoms with Crippen LogP contribution in [0.3, 0.4) is 0 Å². The summed E-state index contributed by atoms with van der Waals surface area (Å²) in [6.07, 6.45) is 2.19. The second-order valence-corrected chi connectivity index (χ2v) is 5.74. The average molecular weight is 322 g/mol. The van der Waals surface area contributed by atoms with E-state index in [0.717, 1.165) is 40.1 Å². The molecule has 0 radical (unpaired) electrons. The summed E-state index contributed by atoms with van der Waals surface area (Å²) >= 11 is 3.45. The lowest BCUT2D eigenvalue weighted by Gasteiger charge is -2.09. The Bertz CT molecular complexity index is 531. The number of imidazole rings is 1. The zero-order valence-electron chi connectivity index (χ0n) is 11.4. The molecule has 0 bridgehead atoms. The van der Waals surface area contributed by atoms with Crippen LogP contribution in [0.25, 0.3) is 11.3 Å². The number of aromatic amines is 1. The van der Waals surface area contributed by atoms with Crippen LogP contribution in [-0.4, -0.2) is 16.5 Å². The van der Waals surface area contributed by atoms with Crippen molar-refractivity contribution < 1.29 is 0 Å². The highest BCUT2D eigenvalue weighted by Crippen LogP contribution is 2.26. The quantitative estimate of drug-likeness (QED) is 0.874. The molecule has 4 heteroatoms. The van der Waals surface area contributed by atoms with Gasteiger partial charge in [-0.25, -0.2) is 4.98 Å². The van der Waals surface area contributed by atoms with Crippen molar-refractivity contribution in [3.05, 3.63) is 40.3 Å². The molecule has 1 aromatic carbocycles. The molecule has 0 spiro atoms. The van der Waals surface area contributed by atoms with Gasteiger partial charge in [-0.1, -0.05) is 41.4 Å². The smallest absolute Gasteiger partial charge is 0.111 e. The van der Waals surface area contributed by atoms with E-state index in [1.165, 1.54) is 0 Å². The molecule has 0 amide bonds. The van der Waals surface area contributed by atoms with Crippen LogP contribution in [0, 0.1) is 6.92 Å². The summed E-state index contributed by atoms with van der Waals surface area (Å²) in [5.74, 6) is 1.34. The van der Waals surface area contributed by atoms with Crippen LogP contribution in [0.15, 0.2) is 28.7 Å². The summed E-state index contributed by atoms with van der Waals surface area (Å²) in [4.78, 5) is 8.14. The second kappa shape index (κ2) is 6.35. The van der Waals surface area contributed by atoms with Crippen LogP contribution in [-0.2, 0) is 0 Å². The van der Waals surface area contributed by atoms with Crippen molar-refractivity contribution in [2.45, 2.75) is 32.6 Å². The van der Waals surface area contributed by atoms with Gasteiger partial charge in [-0.15, -0.1) is 0 Å². The van der Waals surface area contributed by atoms with E-state index < -0.39 is 0 Å². The number of aromatic nitrogens is 2. The molecule has 1 heterocycles. The molecule has 1 aromatic heterocycles. The van der Waals surface area contributed by atoms with Crippen LogP contribution in [0.4, 0.5) is 0 Å². The highest BCUT2D eigenvalue weighted by Gasteiger charge is 2.15. The Hall–Kier alpha value is -1.13. The molecule has 0 aliphatic rings. The van der Waals surface area contributed by atoms with E-state index >= 15 is 0 Å². The van der Waals surface area contributed by atoms with Gasteiger partial charge in [0, 0.05) is 28.2 Å². The summed E-state index contributed by atoms with van der Waals surface area (Å²) in [5, 5.41) is 0. The van der Waals surface area contributed by atoms with Gasteiger partial charge in [-0.2, -0.15) is 0 Å². The lowest BCUT2D eigenvalue weighted by atomic mass is 10.0. The van der Waals surface area contributed by atoms with Crippen molar-refractivity contribution in [2.24, 2.45) is 5.73 Å². The van der Waals surface area contributed by atoms with Crippen LogP contribution < -0.4 is 5.73 Å². The minimum absolute atomic E-state index is 0.327. The van der Waals surface area contributed by atoms with Gasteiger partial charge >= 0.3 is 0 Å². The summed E-state index contributed by atoms with van der Waals surface area (Å²) in [6.45, 7) is 4.88. The number of halogens is 1. The maximum absolute atomic E-state index is 5.84. The molecule has 0 aliphatic heterocycles. The van der Waals surface area contributed by atoms with Crippen LogP contribution >= 0.6 is 15.9 Å². The van der Waals surface area contributed by atoms with Gasteiger partial charge in [-0.3, -0.25) is 0 Å². The lowest BCUT2D eigenvalue weighted by Crippen LogP contribution is -2.13. The maximum Gasteiger partial charge on any atom is 0.111 e. The fraction of sp³-hybridized carbons (Fsp3) is 0.400. The summed E-state index contributed by atoms with van der Waals surface area (Å²) in [7, 11) is 0. The molecule has 0 saturated carbocycles. The fourth-order valence-corrected chi connectivity index (χ4v) is 2.54. The zero-order chi connectivity index (χ0) is 13.8. The van der Waals surface area contributed by atoms with E-state index in [1.54, 1.807) is 0 Å². The molecular formula is C15H20BrN3. The van der Waals surface area contributed by atoms with Crippen LogP contribution in [0.2, 0.25) is 0 Å². The Labute approximate surface area is 122 Å². The molecule has 0 fully saturated rings. The van der Waals surface area contributed by atoms with Crippen molar-refractivity contribution >= 4 is 15.9 Å². The number of nitrogens with zero attached hydrogens (tertiary/aromatic N) is 1. The number of nitrogens with one attached hydrogen (secondary N) is 1. The van der Waals surface area contributed by atoms with Gasteiger partial charge < -0.3 is 10.7 Å². The van der Waals surface area contributed by atoms with Gasteiger partial charge in [0.05, 0.1) is 5.69 Å². The van der Waals surface area contributed by atoms with Gasteiger partial charge in [0.1, 0.15) is 5.82 Å². The van der Waals surface area contributed by atoms with Crippen molar-refractivity contribution in [3.63, 3.8) is 0 Å². The van der Waals surface area contributed by atoms with Crippen molar-refractivity contribution in [1.82, 2.24) is 9.97 Å². The highest BCUT2D eigenvalue weighted by molar-refractivity contribution is 9.10. The molecular weight excluding hydrogens is 302 g/mol. The minimum Gasteiger partial charge on any atom is -0.345 e. The molecule has 1 unspecified atom stereocenters. The molecule has 1 atom stereocenters. The van der Waals surface area contributed by atoms with Gasteiger partial charge in [0.2, 0.25) is 0 Å². The Morgan fingerprint density at radius 3 is 2.58 bits per heavy atom. The SMILES string of the molecule is CCCC(CN)c1nc(-c2ccc(Br)cc2)c(C)[nH]1. The number of nitrogens with two attached hydrogens (primary N) is 1. The van der Waals surface area contributed by atoms with E-state index in [1.807, 2.05) is 12.1 Å². The first-order valence-electron chi connectivity index (χ1n) is 6.68. The van der Waals surface area contributed by atoms with Crippen LogP contribution in [0.5, 0.6) is 0 Å². The molecule has 19 heavy (non-hydrogen) atoms. The molecule has 3 nitrogen and oxygen atoms in total. The Morgan fingerprint density at radius 1 is 1.32 bits per heavy atom. The van der Waals surface area contributed by atoms with E-state index in [4.69, 9.17) is 10.7 Å². The Morgan fingerprint density at radius 2 is 2.00 bits per heavy atom. The van der Waals surface area contributed by atoms with E-state index in [0.29, 0.717) is 12.5 Å². The molecule has 2 rings (SSSR count). The van der Waals surface area contributed by atoms with Gasteiger partial charge in [0.25, 0.3) is 0 Å². The number of hydrogen-bond donors (Lipinski definition) is 2. The largest absolute Gasteiger partial charge is 0.345 e. The second-order valence-electron chi connectivity index (χ2n) is 4.82. The third-order valence-corrected chi connectivity index (χ3v) is 3.86. The first-order valence-corrected chi connectivity index (χ1v) is 7.47. The fourth-order valence-electron chi connectivity index (χ4n) is 2.28. The van der Waals surface area contributed by atoms with Crippen molar-refractivity contribution in [3.8, 4) is 11.3 Å². The first kappa shape index (κ1) is 14.3. The topological polar surface area (TPSA) is 54.7 Å². The molecule has 3 N–H and O–H groups in total.